The molecule has 2 heterocycles. The van der Waals surface area contributed by atoms with Crippen molar-refractivity contribution in [3.63, 3.8) is 0 Å². The highest BCUT2D eigenvalue weighted by atomic mass is 35.5. The second-order valence-electron chi connectivity index (χ2n) is 5.58. The molecule has 22 heavy (non-hydrogen) atoms. The van der Waals surface area contributed by atoms with Gasteiger partial charge in [0.2, 0.25) is 0 Å². The molecule has 1 saturated heterocycles. The van der Waals surface area contributed by atoms with E-state index in [1.807, 2.05) is 32.2 Å². The second-order valence-corrected chi connectivity index (χ2v) is 5.95. The predicted octanol–water partition coefficient (Wildman–Crippen LogP) is 4.99. The third kappa shape index (κ3) is 3.72. The summed E-state index contributed by atoms with van der Waals surface area (Å²) in [6, 6.07) is 6.37. The first-order valence-electron chi connectivity index (χ1n) is 7.26. The van der Waals surface area contributed by atoms with Crippen molar-refractivity contribution in [3.05, 3.63) is 52.3 Å². The summed E-state index contributed by atoms with van der Waals surface area (Å²) in [5, 5.41) is 4.27. The van der Waals surface area contributed by atoms with Gasteiger partial charge in [0.15, 0.2) is 0 Å². The molecule has 1 aromatic carbocycles. The van der Waals surface area contributed by atoms with E-state index < -0.39 is 0 Å². The van der Waals surface area contributed by atoms with E-state index in [9.17, 15) is 0 Å². The Hall–Kier alpha value is -1.29. The van der Waals surface area contributed by atoms with Gasteiger partial charge in [0, 0.05) is 17.3 Å². The van der Waals surface area contributed by atoms with Gasteiger partial charge in [-0.25, -0.2) is 0 Å². The van der Waals surface area contributed by atoms with Gasteiger partial charge >= 0.3 is 0 Å². The van der Waals surface area contributed by atoms with E-state index in [-0.39, 0.29) is 12.4 Å². The Morgan fingerprint density at radius 2 is 1.86 bits per heavy atom. The standard InChI is InChI=1S/C17H19ClN2O.ClH/c1-11-6-14(7-12(2)17(11)18)21-15-8-13(9-19-10-15)16-4-3-5-20-16;/h6-10,16,20H,3-5H2,1-2H3;1H. The summed E-state index contributed by atoms with van der Waals surface area (Å²) in [6.45, 7) is 5.05. The number of hydrogen-bond donors (Lipinski definition) is 1. The van der Waals surface area contributed by atoms with Crippen LogP contribution in [0.25, 0.3) is 0 Å². The molecule has 1 unspecified atom stereocenters. The fraction of sp³-hybridized carbons (Fsp3) is 0.353. The van der Waals surface area contributed by atoms with Crippen molar-refractivity contribution in [1.29, 1.82) is 0 Å². The summed E-state index contributed by atoms with van der Waals surface area (Å²) in [4.78, 5) is 4.30. The zero-order chi connectivity index (χ0) is 14.8. The van der Waals surface area contributed by atoms with Crippen molar-refractivity contribution < 1.29 is 4.74 Å². The molecule has 0 radical (unpaired) electrons. The van der Waals surface area contributed by atoms with Crippen LogP contribution in [0.15, 0.2) is 30.6 Å². The Labute approximate surface area is 142 Å². The molecule has 1 N–H and O–H groups in total. The normalized spacial score (nSPS) is 17.1. The number of hydrogen-bond acceptors (Lipinski definition) is 3. The van der Waals surface area contributed by atoms with Crippen LogP contribution in [-0.2, 0) is 0 Å². The van der Waals surface area contributed by atoms with Gasteiger partial charge in [-0.3, -0.25) is 4.98 Å². The van der Waals surface area contributed by atoms with Crippen molar-refractivity contribution >= 4 is 24.0 Å². The number of nitrogens with one attached hydrogen (secondary N) is 1. The summed E-state index contributed by atoms with van der Waals surface area (Å²) in [5.74, 6) is 1.56. The lowest BCUT2D eigenvalue weighted by molar-refractivity contribution is 0.477. The van der Waals surface area contributed by atoms with Crippen molar-refractivity contribution in [1.82, 2.24) is 10.3 Å². The number of ether oxygens (including phenoxy) is 1. The quantitative estimate of drug-likeness (QED) is 0.855. The fourth-order valence-electron chi connectivity index (χ4n) is 2.75. The first kappa shape index (κ1) is 17.1. The molecule has 0 amide bonds. The average Bonchev–Trinajstić information content (AvgIpc) is 2.99. The molecular formula is C17H20Cl2N2O. The van der Waals surface area contributed by atoms with Crippen LogP contribution in [0.3, 0.4) is 0 Å². The van der Waals surface area contributed by atoms with Crippen molar-refractivity contribution in [3.8, 4) is 11.5 Å². The Kier molecular flexibility index (Phi) is 5.68. The van der Waals surface area contributed by atoms with Crippen LogP contribution in [-0.4, -0.2) is 11.5 Å². The Morgan fingerprint density at radius 1 is 1.14 bits per heavy atom. The average molecular weight is 339 g/mol. The highest BCUT2D eigenvalue weighted by molar-refractivity contribution is 6.32. The van der Waals surface area contributed by atoms with E-state index in [1.165, 1.54) is 12.0 Å². The second kappa shape index (κ2) is 7.32. The molecule has 1 aromatic heterocycles. The molecule has 0 saturated carbocycles. The molecule has 0 spiro atoms. The maximum Gasteiger partial charge on any atom is 0.146 e. The number of benzene rings is 1. The smallest absolute Gasteiger partial charge is 0.146 e. The number of pyridine rings is 1. The fourth-order valence-corrected chi connectivity index (χ4v) is 2.86. The van der Waals surface area contributed by atoms with Gasteiger partial charge in [-0.15, -0.1) is 12.4 Å². The lowest BCUT2D eigenvalue weighted by Crippen LogP contribution is -2.12. The maximum absolute atomic E-state index is 6.19. The van der Waals surface area contributed by atoms with Crippen LogP contribution in [0.4, 0.5) is 0 Å². The third-order valence-electron chi connectivity index (χ3n) is 3.84. The Morgan fingerprint density at radius 3 is 2.50 bits per heavy atom. The van der Waals surface area contributed by atoms with E-state index in [2.05, 4.69) is 16.4 Å². The van der Waals surface area contributed by atoms with E-state index in [4.69, 9.17) is 16.3 Å². The number of aryl methyl sites for hydroxylation is 2. The molecule has 1 aliphatic heterocycles. The molecule has 1 aliphatic rings. The molecule has 1 fully saturated rings. The minimum Gasteiger partial charge on any atom is -0.456 e. The Balaban J connectivity index is 0.00000176. The van der Waals surface area contributed by atoms with Crippen LogP contribution in [0.5, 0.6) is 11.5 Å². The predicted molar refractivity (Wildman–Crippen MR) is 92.5 cm³/mol. The SMILES string of the molecule is Cc1cc(Oc2cncc(C3CCCN3)c2)cc(C)c1Cl.Cl. The monoisotopic (exact) mass is 338 g/mol. The maximum atomic E-state index is 6.19. The minimum atomic E-state index is 0. The number of halogens is 2. The van der Waals surface area contributed by atoms with Gasteiger partial charge < -0.3 is 10.1 Å². The van der Waals surface area contributed by atoms with Crippen molar-refractivity contribution in [2.75, 3.05) is 6.54 Å². The highest BCUT2D eigenvalue weighted by Gasteiger charge is 2.17. The summed E-state index contributed by atoms with van der Waals surface area (Å²) in [7, 11) is 0. The number of rotatable bonds is 3. The van der Waals surface area contributed by atoms with Gasteiger partial charge in [-0.2, -0.15) is 0 Å². The van der Waals surface area contributed by atoms with E-state index in [0.29, 0.717) is 6.04 Å². The van der Waals surface area contributed by atoms with Gasteiger partial charge in [0.25, 0.3) is 0 Å². The van der Waals surface area contributed by atoms with Gasteiger partial charge in [0.05, 0.1) is 6.20 Å². The summed E-state index contributed by atoms with van der Waals surface area (Å²) < 4.78 is 5.95. The molecule has 118 valence electrons. The van der Waals surface area contributed by atoms with Crippen LogP contribution in [0.2, 0.25) is 5.02 Å². The number of nitrogens with zero attached hydrogens (tertiary/aromatic N) is 1. The molecule has 0 aliphatic carbocycles. The lowest BCUT2D eigenvalue weighted by atomic mass is 10.1. The highest BCUT2D eigenvalue weighted by Crippen LogP contribution is 2.30. The summed E-state index contributed by atoms with van der Waals surface area (Å²) in [5.41, 5.74) is 3.23. The molecular weight excluding hydrogens is 319 g/mol. The van der Waals surface area contributed by atoms with Gasteiger partial charge in [0.1, 0.15) is 11.5 Å². The zero-order valence-electron chi connectivity index (χ0n) is 12.7. The van der Waals surface area contributed by atoms with Gasteiger partial charge in [-0.1, -0.05) is 11.6 Å². The van der Waals surface area contributed by atoms with Crippen LogP contribution in [0.1, 0.15) is 35.6 Å². The molecule has 0 bridgehead atoms. The summed E-state index contributed by atoms with van der Waals surface area (Å²) >= 11 is 6.19. The molecule has 3 nitrogen and oxygen atoms in total. The van der Waals surface area contributed by atoms with E-state index in [0.717, 1.165) is 40.6 Å². The molecule has 3 rings (SSSR count). The molecule has 1 atom stereocenters. The van der Waals surface area contributed by atoms with Gasteiger partial charge in [-0.05, 0) is 68.1 Å². The van der Waals surface area contributed by atoms with Crippen molar-refractivity contribution in [2.45, 2.75) is 32.7 Å². The van der Waals surface area contributed by atoms with E-state index in [1.54, 1.807) is 6.20 Å². The summed E-state index contributed by atoms with van der Waals surface area (Å²) in [6.07, 6.45) is 6.03. The molecule has 5 heteroatoms. The topological polar surface area (TPSA) is 34.1 Å². The zero-order valence-corrected chi connectivity index (χ0v) is 14.3. The lowest BCUT2D eigenvalue weighted by Gasteiger charge is -2.13. The van der Waals surface area contributed by atoms with Crippen molar-refractivity contribution in [2.24, 2.45) is 0 Å². The van der Waals surface area contributed by atoms with Crippen LogP contribution >= 0.6 is 24.0 Å². The van der Waals surface area contributed by atoms with E-state index >= 15 is 0 Å². The molecule has 2 aromatic rings. The minimum absolute atomic E-state index is 0. The largest absolute Gasteiger partial charge is 0.456 e. The van der Waals surface area contributed by atoms with Crippen LogP contribution < -0.4 is 10.1 Å². The number of aromatic nitrogens is 1. The van der Waals surface area contributed by atoms with Crippen LogP contribution in [0, 0.1) is 13.8 Å². The first-order valence-corrected chi connectivity index (χ1v) is 7.64. The Bertz CT molecular complexity index is 632. The third-order valence-corrected chi connectivity index (χ3v) is 4.44. The first-order chi connectivity index (χ1) is 10.1.